The van der Waals surface area contributed by atoms with Gasteiger partial charge in [0.05, 0.1) is 15.6 Å². The Morgan fingerprint density at radius 2 is 1.95 bits per heavy atom. The molecule has 0 radical (unpaired) electrons. The zero-order valence-corrected chi connectivity index (χ0v) is 13.8. The number of fused-ring (bicyclic) bond motifs is 1. The van der Waals surface area contributed by atoms with Gasteiger partial charge in [-0.05, 0) is 31.0 Å². The summed E-state index contributed by atoms with van der Waals surface area (Å²) in [5.41, 5.74) is 2.41. The van der Waals surface area contributed by atoms with Crippen molar-refractivity contribution in [2.75, 3.05) is 32.7 Å². The standard InChI is InChI=1S/C16H21Cl2N3/c1-20-11-12(3-2-8-21-9-6-19-7-10-21)13-4-5-14(17)15(18)16(13)20/h4-5,11,19H,2-3,6-10H2,1H3. The van der Waals surface area contributed by atoms with Crippen LogP contribution >= 0.6 is 23.2 Å². The minimum Gasteiger partial charge on any atom is -0.349 e. The second kappa shape index (κ2) is 6.57. The molecule has 0 aliphatic carbocycles. The van der Waals surface area contributed by atoms with Crippen molar-refractivity contribution in [2.24, 2.45) is 7.05 Å². The number of hydrogen-bond acceptors (Lipinski definition) is 2. The van der Waals surface area contributed by atoms with Gasteiger partial charge in [0.25, 0.3) is 0 Å². The van der Waals surface area contributed by atoms with Crippen molar-refractivity contribution >= 4 is 34.1 Å². The molecule has 1 fully saturated rings. The van der Waals surface area contributed by atoms with E-state index in [0.717, 1.165) is 38.1 Å². The van der Waals surface area contributed by atoms with Gasteiger partial charge in [0, 0.05) is 44.8 Å². The average Bonchev–Trinajstić information content (AvgIpc) is 2.81. The van der Waals surface area contributed by atoms with Crippen LogP contribution in [0.2, 0.25) is 10.0 Å². The van der Waals surface area contributed by atoms with Crippen LogP contribution < -0.4 is 5.32 Å². The first-order valence-electron chi connectivity index (χ1n) is 7.52. The summed E-state index contributed by atoms with van der Waals surface area (Å²) < 4.78 is 2.09. The van der Waals surface area contributed by atoms with E-state index in [1.54, 1.807) is 0 Å². The third-order valence-electron chi connectivity index (χ3n) is 4.25. The van der Waals surface area contributed by atoms with Gasteiger partial charge in [-0.2, -0.15) is 0 Å². The Hall–Kier alpha value is -0.740. The van der Waals surface area contributed by atoms with Crippen LogP contribution in [0.5, 0.6) is 0 Å². The maximum Gasteiger partial charge on any atom is 0.0835 e. The summed E-state index contributed by atoms with van der Waals surface area (Å²) >= 11 is 12.4. The molecule has 114 valence electrons. The quantitative estimate of drug-likeness (QED) is 0.930. The van der Waals surface area contributed by atoms with Crippen LogP contribution in [-0.4, -0.2) is 42.2 Å². The normalized spacial score (nSPS) is 16.7. The smallest absolute Gasteiger partial charge is 0.0835 e. The number of hydrogen-bond donors (Lipinski definition) is 1. The van der Waals surface area contributed by atoms with Gasteiger partial charge in [0.15, 0.2) is 0 Å². The first-order valence-corrected chi connectivity index (χ1v) is 8.27. The molecule has 2 heterocycles. The Labute approximate surface area is 135 Å². The summed E-state index contributed by atoms with van der Waals surface area (Å²) in [6, 6.07) is 3.98. The van der Waals surface area contributed by atoms with Gasteiger partial charge >= 0.3 is 0 Å². The second-order valence-corrected chi connectivity index (χ2v) is 6.50. The van der Waals surface area contributed by atoms with Crippen LogP contribution in [0.1, 0.15) is 12.0 Å². The van der Waals surface area contributed by atoms with Crippen LogP contribution in [0, 0.1) is 0 Å². The lowest BCUT2D eigenvalue weighted by Gasteiger charge is -2.26. The van der Waals surface area contributed by atoms with Crippen molar-refractivity contribution in [1.29, 1.82) is 0 Å². The van der Waals surface area contributed by atoms with Crippen molar-refractivity contribution in [3.63, 3.8) is 0 Å². The van der Waals surface area contributed by atoms with Gasteiger partial charge in [-0.25, -0.2) is 0 Å². The Morgan fingerprint density at radius 3 is 2.71 bits per heavy atom. The highest BCUT2D eigenvalue weighted by molar-refractivity contribution is 6.45. The summed E-state index contributed by atoms with van der Waals surface area (Å²) in [4.78, 5) is 2.53. The number of rotatable bonds is 4. The van der Waals surface area contributed by atoms with Gasteiger partial charge in [-0.15, -0.1) is 0 Å². The number of piperazine rings is 1. The van der Waals surface area contributed by atoms with Crippen molar-refractivity contribution in [2.45, 2.75) is 12.8 Å². The molecule has 0 saturated carbocycles. The van der Waals surface area contributed by atoms with Crippen LogP contribution in [0.4, 0.5) is 0 Å². The minimum absolute atomic E-state index is 0.623. The van der Waals surface area contributed by atoms with Gasteiger partial charge in [0.2, 0.25) is 0 Å². The molecule has 1 aliphatic heterocycles. The van der Waals surface area contributed by atoms with E-state index >= 15 is 0 Å². The molecule has 1 aromatic carbocycles. The van der Waals surface area contributed by atoms with Gasteiger partial charge in [-0.3, -0.25) is 0 Å². The molecule has 1 saturated heterocycles. The fourth-order valence-corrected chi connectivity index (χ4v) is 3.59. The molecule has 3 nitrogen and oxygen atoms in total. The topological polar surface area (TPSA) is 20.2 Å². The highest BCUT2D eigenvalue weighted by Crippen LogP contribution is 2.33. The summed E-state index contributed by atoms with van der Waals surface area (Å²) in [7, 11) is 2.03. The molecule has 1 aromatic heterocycles. The maximum atomic E-state index is 6.33. The number of aryl methyl sites for hydroxylation is 2. The van der Waals surface area contributed by atoms with Crippen LogP contribution in [0.25, 0.3) is 10.9 Å². The van der Waals surface area contributed by atoms with Crippen molar-refractivity contribution in [1.82, 2.24) is 14.8 Å². The molecule has 5 heteroatoms. The number of nitrogens with one attached hydrogen (secondary N) is 1. The summed E-state index contributed by atoms with van der Waals surface area (Å²) in [6.07, 6.45) is 4.45. The summed E-state index contributed by atoms with van der Waals surface area (Å²) in [5, 5.41) is 5.90. The minimum atomic E-state index is 0.623. The molecule has 1 N–H and O–H groups in total. The van der Waals surface area contributed by atoms with Crippen LogP contribution in [-0.2, 0) is 13.5 Å². The fraction of sp³-hybridized carbons (Fsp3) is 0.500. The van der Waals surface area contributed by atoms with Gasteiger partial charge < -0.3 is 14.8 Å². The molecular weight excluding hydrogens is 305 g/mol. The largest absolute Gasteiger partial charge is 0.349 e. The maximum absolute atomic E-state index is 6.33. The number of aromatic nitrogens is 1. The van der Waals surface area contributed by atoms with E-state index in [9.17, 15) is 0 Å². The fourth-order valence-electron chi connectivity index (χ4n) is 3.14. The van der Waals surface area contributed by atoms with E-state index in [-0.39, 0.29) is 0 Å². The molecule has 0 amide bonds. The molecule has 21 heavy (non-hydrogen) atoms. The van der Waals surface area contributed by atoms with E-state index < -0.39 is 0 Å². The molecule has 0 unspecified atom stereocenters. The molecule has 0 bridgehead atoms. The Bertz CT molecular complexity index is 630. The molecule has 0 spiro atoms. The van der Waals surface area contributed by atoms with Gasteiger partial charge in [-0.1, -0.05) is 29.3 Å². The predicted molar refractivity (Wildman–Crippen MR) is 90.6 cm³/mol. The molecular formula is C16H21Cl2N3. The molecule has 2 aromatic rings. The first-order chi connectivity index (χ1) is 10.2. The monoisotopic (exact) mass is 325 g/mol. The Morgan fingerprint density at radius 1 is 1.19 bits per heavy atom. The highest BCUT2D eigenvalue weighted by Gasteiger charge is 2.13. The Balaban J connectivity index is 1.71. The molecule has 0 atom stereocenters. The lowest BCUT2D eigenvalue weighted by molar-refractivity contribution is 0.238. The van der Waals surface area contributed by atoms with Crippen LogP contribution in [0.3, 0.4) is 0 Å². The third kappa shape index (κ3) is 3.21. The SMILES string of the molecule is Cn1cc(CCCN2CCNCC2)c2ccc(Cl)c(Cl)c21. The van der Waals surface area contributed by atoms with E-state index in [0.29, 0.717) is 10.0 Å². The second-order valence-electron chi connectivity index (χ2n) is 5.72. The lowest BCUT2D eigenvalue weighted by Crippen LogP contribution is -2.43. The van der Waals surface area contributed by atoms with Crippen molar-refractivity contribution in [3.8, 4) is 0 Å². The zero-order valence-electron chi connectivity index (χ0n) is 12.3. The van der Waals surface area contributed by atoms with Gasteiger partial charge in [0.1, 0.15) is 0 Å². The number of benzene rings is 1. The van der Waals surface area contributed by atoms with E-state index in [1.165, 1.54) is 23.9 Å². The van der Waals surface area contributed by atoms with Crippen molar-refractivity contribution in [3.05, 3.63) is 33.9 Å². The van der Waals surface area contributed by atoms with E-state index in [2.05, 4.69) is 27.0 Å². The average molecular weight is 326 g/mol. The van der Waals surface area contributed by atoms with Crippen LogP contribution in [0.15, 0.2) is 18.3 Å². The van der Waals surface area contributed by atoms with E-state index in [4.69, 9.17) is 23.2 Å². The number of halogens is 2. The zero-order chi connectivity index (χ0) is 14.8. The Kier molecular flexibility index (Phi) is 4.75. The molecule has 3 rings (SSSR count). The molecule has 1 aliphatic rings. The van der Waals surface area contributed by atoms with E-state index in [1.807, 2.05) is 13.1 Å². The third-order valence-corrected chi connectivity index (χ3v) is 5.04. The predicted octanol–water partition coefficient (Wildman–Crippen LogP) is 3.32. The lowest BCUT2D eigenvalue weighted by atomic mass is 10.1. The summed E-state index contributed by atoms with van der Waals surface area (Å²) in [5.74, 6) is 0. The highest BCUT2D eigenvalue weighted by atomic mass is 35.5. The summed E-state index contributed by atoms with van der Waals surface area (Å²) in [6.45, 7) is 5.72. The number of nitrogens with zero attached hydrogens (tertiary/aromatic N) is 2. The van der Waals surface area contributed by atoms with Crippen molar-refractivity contribution < 1.29 is 0 Å². The first kappa shape index (κ1) is 15.2.